The number of likely N-dealkylation sites (N-methyl/N-ethyl adjacent to an activating group) is 1. The van der Waals surface area contributed by atoms with Crippen LogP contribution in [0.5, 0.6) is 0 Å². The van der Waals surface area contributed by atoms with Crippen LogP contribution in [0, 0.1) is 6.92 Å². The fourth-order valence-electron chi connectivity index (χ4n) is 2.25. The minimum atomic E-state index is 0.185. The maximum absolute atomic E-state index is 6.13. The summed E-state index contributed by atoms with van der Waals surface area (Å²) in [6, 6.07) is 12.0. The van der Waals surface area contributed by atoms with E-state index in [1.807, 2.05) is 44.3 Å². The second kappa shape index (κ2) is 6.82. The fourth-order valence-corrected chi connectivity index (χ4v) is 2.87. The topological polar surface area (TPSA) is 12.0 Å². The van der Waals surface area contributed by atoms with Crippen LogP contribution in [0.25, 0.3) is 0 Å². The second-order valence-corrected chi connectivity index (χ2v) is 6.11. The third-order valence-electron chi connectivity index (χ3n) is 3.24. The van der Waals surface area contributed by atoms with Crippen LogP contribution in [-0.2, 0) is 6.42 Å². The second-order valence-electron chi connectivity index (χ2n) is 4.86. The third-order valence-corrected chi connectivity index (χ3v) is 4.20. The van der Waals surface area contributed by atoms with Gasteiger partial charge in [-0.25, -0.2) is 0 Å². The summed E-state index contributed by atoms with van der Waals surface area (Å²) in [6.45, 7) is 2.04. The molecule has 0 saturated carbocycles. The first kappa shape index (κ1) is 15.7. The number of hydrogen-bond acceptors (Lipinski definition) is 1. The zero-order chi connectivity index (χ0) is 14.7. The monoisotopic (exact) mass is 327 g/mol. The van der Waals surface area contributed by atoms with E-state index in [1.165, 1.54) is 5.56 Å². The first-order chi connectivity index (χ1) is 9.49. The first-order valence-electron chi connectivity index (χ1n) is 6.38. The summed E-state index contributed by atoms with van der Waals surface area (Å²) >= 11 is 18.1. The van der Waals surface area contributed by atoms with Gasteiger partial charge in [-0.15, -0.1) is 0 Å². The molecule has 0 spiro atoms. The first-order valence-corrected chi connectivity index (χ1v) is 7.51. The third kappa shape index (κ3) is 3.89. The van der Waals surface area contributed by atoms with Gasteiger partial charge in [0.15, 0.2) is 0 Å². The van der Waals surface area contributed by atoms with E-state index in [2.05, 4.69) is 11.4 Å². The number of rotatable bonds is 4. The van der Waals surface area contributed by atoms with Gasteiger partial charge in [0.1, 0.15) is 0 Å². The Morgan fingerprint density at radius 2 is 1.75 bits per heavy atom. The minimum Gasteiger partial charge on any atom is -0.313 e. The Morgan fingerprint density at radius 3 is 2.35 bits per heavy atom. The number of hydrogen-bond donors (Lipinski definition) is 1. The Kier molecular flexibility index (Phi) is 5.34. The highest BCUT2D eigenvalue weighted by atomic mass is 35.5. The molecule has 2 aromatic rings. The van der Waals surface area contributed by atoms with Crippen molar-refractivity contribution < 1.29 is 0 Å². The van der Waals surface area contributed by atoms with Crippen LogP contribution >= 0.6 is 34.8 Å². The fraction of sp³-hybridized carbons (Fsp3) is 0.250. The predicted octanol–water partition coefficient (Wildman–Crippen LogP) is 5.46. The van der Waals surface area contributed by atoms with Crippen molar-refractivity contribution >= 4 is 34.8 Å². The Hall–Kier alpha value is -0.730. The predicted molar refractivity (Wildman–Crippen MR) is 88.2 cm³/mol. The lowest BCUT2D eigenvalue weighted by molar-refractivity contribution is 0.592. The molecule has 0 aromatic heterocycles. The van der Waals surface area contributed by atoms with Crippen LogP contribution in [-0.4, -0.2) is 7.05 Å². The molecule has 0 aliphatic heterocycles. The number of halogens is 3. The largest absolute Gasteiger partial charge is 0.313 e. The summed E-state index contributed by atoms with van der Waals surface area (Å²) in [6.07, 6.45) is 0.827. The van der Waals surface area contributed by atoms with Crippen LogP contribution in [0.2, 0.25) is 15.1 Å². The standard InChI is InChI=1S/C16H16Cl3N/c1-10-5-12(9-13(17)6-10)16(20-2)8-11-3-4-14(18)15(19)7-11/h3-7,9,16,20H,8H2,1-2H3. The van der Waals surface area contributed by atoms with Gasteiger partial charge in [-0.2, -0.15) is 0 Å². The Morgan fingerprint density at radius 1 is 1.00 bits per heavy atom. The maximum Gasteiger partial charge on any atom is 0.0595 e. The van der Waals surface area contributed by atoms with E-state index in [4.69, 9.17) is 34.8 Å². The molecule has 0 amide bonds. The van der Waals surface area contributed by atoms with Gasteiger partial charge < -0.3 is 5.32 Å². The molecule has 1 nitrogen and oxygen atoms in total. The molecule has 1 unspecified atom stereocenters. The highest BCUT2D eigenvalue weighted by Crippen LogP contribution is 2.27. The molecule has 0 radical (unpaired) electrons. The lowest BCUT2D eigenvalue weighted by Crippen LogP contribution is -2.19. The van der Waals surface area contributed by atoms with E-state index in [0.717, 1.165) is 22.6 Å². The summed E-state index contributed by atoms with van der Waals surface area (Å²) in [5.41, 5.74) is 3.46. The van der Waals surface area contributed by atoms with E-state index in [9.17, 15) is 0 Å². The van der Waals surface area contributed by atoms with Crippen LogP contribution in [0.4, 0.5) is 0 Å². The van der Waals surface area contributed by atoms with Gasteiger partial charge in [0.25, 0.3) is 0 Å². The normalized spacial score (nSPS) is 12.4. The quantitative estimate of drug-likeness (QED) is 0.786. The average Bonchev–Trinajstić information content (AvgIpc) is 2.38. The van der Waals surface area contributed by atoms with E-state index >= 15 is 0 Å². The van der Waals surface area contributed by atoms with Crippen LogP contribution in [0.15, 0.2) is 36.4 Å². The highest BCUT2D eigenvalue weighted by Gasteiger charge is 2.12. The molecule has 0 aliphatic rings. The molecule has 2 rings (SSSR count). The summed E-state index contributed by atoms with van der Waals surface area (Å²) in [7, 11) is 1.94. The van der Waals surface area contributed by atoms with Crippen molar-refractivity contribution in [3.8, 4) is 0 Å². The van der Waals surface area contributed by atoms with E-state index in [1.54, 1.807) is 0 Å². The molecule has 1 N–H and O–H groups in total. The summed E-state index contributed by atoms with van der Waals surface area (Å²) in [4.78, 5) is 0. The lowest BCUT2D eigenvalue weighted by Gasteiger charge is -2.18. The lowest BCUT2D eigenvalue weighted by atomic mass is 9.98. The van der Waals surface area contributed by atoms with E-state index in [-0.39, 0.29) is 6.04 Å². The Balaban J connectivity index is 2.26. The minimum absolute atomic E-state index is 0.185. The van der Waals surface area contributed by atoms with Crippen LogP contribution in [0.1, 0.15) is 22.7 Å². The van der Waals surface area contributed by atoms with Crippen molar-refractivity contribution in [2.24, 2.45) is 0 Å². The van der Waals surface area contributed by atoms with Crippen molar-refractivity contribution in [3.05, 3.63) is 68.2 Å². The molecule has 1 atom stereocenters. The Bertz CT molecular complexity index is 590. The zero-order valence-electron chi connectivity index (χ0n) is 11.4. The molecular formula is C16H16Cl3N. The van der Waals surface area contributed by atoms with Gasteiger partial charge >= 0.3 is 0 Å². The molecule has 0 heterocycles. The van der Waals surface area contributed by atoms with Crippen molar-refractivity contribution in [2.45, 2.75) is 19.4 Å². The molecule has 20 heavy (non-hydrogen) atoms. The molecular weight excluding hydrogens is 313 g/mol. The van der Waals surface area contributed by atoms with Crippen molar-refractivity contribution in [1.29, 1.82) is 0 Å². The van der Waals surface area contributed by atoms with E-state index < -0.39 is 0 Å². The zero-order valence-corrected chi connectivity index (χ0v) is 13.7. The van der Waals surface area contributed by atoms with Crippen LogP contribution in [0.3, 0.4) is 0 Å². The smallest absolute Gasteiger partial charge is 0.0595 e. The molecule has 106 valence electrons. The van der Waals surface area contributed by atoms with Gasteiger partial charge in [-0.05, 0) is 61.3 Å². The number of nitrogens with one attached hydrogen (secondary N) is 1. The van der Waals surface area contributed by atoms with Gasteiger partial charge in [0.2, 0.25) is 0 Å². The summed E-state index contributed by atoms with van der Waals surface area (Å²) in [5.74, 6) is 0. The summed E-state index contributed by atoms with van der Waals surface area (Å²) < 4.78 is 0. The molecule has 2 aromatic carbocycles. The van der Waals surface area contributed by atoms with Gasteiger partial charge in [-0.3, -0.25) is 0 Å². The van der Waals surface area contributed by atoms with Crippen molar-refractivity contribution in [1.82, 2.24) is 5.32 Å². The highest BCUT2D eigenvalue weighted by molar-refractivity contribution is 6.42. The van der Waals surface area contributed by atoms with Gasteiger partial charge in [-0.1, -0.05) is 46.9 Å². The van der Waals surface area contributed by atoms with Crippen LogP contribution < -0.4 is 5.32 Å². The molecule has 4 heteroatoms. The Labute approximate surface area is 134 Å². The molecule has 0 fully saturated rings. The van der Waals surface area contributed by atoms with Crippen molar-refractivity contribution in [2.75, 3.05) is 7.05 Å². The van der Waals surface area contributed by atoms with Crippen molar-refractivity contribution in [3.63, 3.8) is 0 Å². The summed E-state index contributed by atoms with van der Waals surface area (Å²) in [5, 5.41) is 5.24. The molecule has 0 bridgehead atoms. The van der Waals surface area contributed by atoms with Gasteiger partial charge in [0, 0.05) is 11.1 Å². The number of aryl methyl sites for hydroxylation is 1. The van der Waals surface area contributed by atoms with E-state index in [0.29, 0.717) is 10.0 Å². The van der Waals surface area contributed by atoms with Gasteiger partial charge in [0.05, 0.1) is 10.0 Å². The molecule has 0 saturated heterocycles. The SMILES string of the molecule is CNC(Cc1ccc(Cl)c(Cl)c1)c1cc(C)cc(Cl)c1. The number of benzene rings is 2. The maximum atomic E-state index is 6.13. The average molecular weight is 329 g/mol. The molecule has 0 aliphatic carbocycles.